The van der Waals surface area contributed by atoms with Crippen molar-refractivity contribution in [2.75, 3.05) is 13.7 Å². The van der Waals surface area contributed by atoms with Gasteiger partial charge < -0.3 is 34.3 Å². The fourth-order valence-corrected chi connectivity index (χ4v) is 10.1. The Kier molecular flexibility index (Phi) is 6.80. The van der Waals surface area contributed by atoms with Gasteiger partial charge in [-0.25, -0.2) is 4.79 Å². The van der Waals surface area contributed by atoms with Gasteiger partial charge >= 0.3 is 5.97 Å². The number of carbonyl (C=O) groups excluding carboxylic acids is 1. The number of ether oxygens (including phenoxy) is 4. The summed E-state index contributed by atoms with van der Waals surface area (Å²) in [5.41, 5.74) is 0.300. The van der Waals surface area contributed by atoms with Crippen LogP contribution < -0.4 is 0 Å². The average molecular weight is 535 g/mol. The minimum atomic E-state index is -1.04. The molecule has 4 aliphatic carbocycles. The van der Waals surface area contributed by atoms with E-state index in [9.17, 15) is 20.1 Å². The van der Waals surface area contributed by atoms with Crippen LogP contribution in [-0.4, -0.2) is 77.4 Å². The molecule has 0 radical (unpaired) electrons. The quantitative estimate of drug-likeness (QED) is 0.372. The molecule has 4 saturated carbocycles. The zero-order chi connectivity index (χ0) is 27.0. The number of fused-ring (bicyclic) bond motifs is 5. The number of esters is 1. The highest BCUT2D eigenvalue weighted by Gasteiger charge is 2.67. The summed E-state index contributed by atoms with van der Waals surface area (Å²) in [5, 5.41) is 33.5. The molecule has 0 spiro atoms. The summed E-state index contributed by atoms with van der Waals surface area (Å²) in [6, 6.07) is 0. The minimum Gasteiger partial charge on any atom is -0.458 e. The number of carbonyl (C=O) groups is 1. The van der Waals surface area contributed by atoms with Crippen LogP contribution >= 0.6 is 0 Å². The Morgan fingerprint density at radius 3 is 2.50 bits per heavy atom. The zero-order valence-corrected chi connectivity index (χ0v) is 23.3. The van der Waals surface area contributed by atoms with Gasteiger partial charge in [0.15, 0.2) is 6.29 Å². The van der Waals surface area contributed by atoms with Gasteiger partial charge in [-0.2, -0.15) is 0 Å². The Bertz CT molecular complexity index is 968. The maximum Gasteiger partial charge on any atom is 0.331 e. The molecule has 2 aliphatic heterocycles. The first-order valence-electron chi connectivity index (χ1n) is 14.8. The summed E-state index contributed by atoms with van der Waals surface area (Å²) in [7, 11) is 1.49. The molecule has 13 atom stereocenters. The van der Waals surface area contributed by atoms with E-state index >= 15 is 0 Å². The molecule has 6 aliphatic rings. The first-order chi connectivity index (χ1) is 18.0. The summed E-state index contributed by atoms with van der Waals surface area (Å²) in [4.78, 5) is 11.8. The fraction of sp³-hybridized carbons (Fsp3) is 0.900. The number of hydrogen-bond acceptors (Lipinski definition) is 8. The Morgan fingerprint density at radius 2 is 1.79 bits per heavy atom. The van der Waals surface area contributed by atoms with Crippen LogP contribution in [-0.2, 0) is 23.7 Å². The second-order valence-electron chi connectivity index (χ2n) is 13.7. The van der Waals surface area contributed by atoms with Crippen LogP contribution in [0, 0.1) is 34.5 Å². The van der Waals surface area contributed by atoms with E-state index in [1.165, 1.54) is 7.11 Å². The van der Waals surface area contributed by atoms with Crippen LogP contribution in [0.1, 0.15) is 78.6 Å². The Labute approximate surface area is 226 Å². The van der Waals surface area contributed by atoms with Crippen LogP contribution in [0.4, 0.5) is 0 Å². The molecule has 2 heterocycles. The molecule has 0 aromatic heterocycles. The maximum absolute atomic E-state index is 12.4. The number of hydrogen-bond donors (Lipinski definition) is 3. The van der Waals surface area contributed by atoms with Crippen molar-refractivity contribution in [1.82, 2.24) is 0 Å². The highest BCUT2D eigenvalue weighted by Crippen LogP contribution is 2.70. The highest BCUT2D eigenvalue weighted by molar-refractivity contribution is 5.85. The lowest BCUT2D eigenvalue weighted by Gasteiger charge is -2.64. The van der Waals surface area contributed by atoms with E-state index in [1.807, 2.05) is 0 Å². The lowest BCUT2D eigenvalue weighted by Crippen LogP contribution is -2.62. The molecule has 1 saturated heterocycles. The van der Waals surface area contributed by atoms with E-state index in [2.05, 4.69) is 13.8 Å². The fourth-order valence-electron chi connectivity index (χ4n) is 10.1. The lowest BCUT2D eigenvalue weighted by molar-refractivity contribution is -0.313. The smallest absolute Gasteiger partial charge is 0.331 e. The zero-order valence-electron chi connectivity index (χ0n) is 23.3. The largest absolute Gasteiger partial charge is 0.458 e. The van der Waals surface area contributed by atoms with Crippen molar-refractivity contribution >= 4 is 5.97 Å². The van der Waals surface area contributed by atoms with Gasteiger partial charge in [0.05, 0.1) is 17.8 Å². The van der Waals surface area contributed by atoms with Gasteiger partial charge in [0.1, 0.15) is 24.9 Å². The van der Waals surface area contributed by atoms with E-state index in [4.69, 9.17) is 18.9 Å². The second kappa shape index (κ2) is 9.52. The highest BCUT2D eigenvalue weighted by atomic mass is 16.7. The first-order valence-corrected chi connectivity index (χ1v) is 14.8. The molecule has 8 heteroatoms. The SMILES string of the molecule is CO[C@@H]1[C@H](O)[C@@H](O[C@H]2CC[C@@]3(C)[C@H](CC[C@@H]4[C@@H]3CC[C@]3(C)[C@@H](C5=CC(=O)OC5)CC[C@]43O)C2)O[C@@H](C)[C@@H]1O. The first kappa shape index (κ1) is 27.2. The summed E-state index contributed by atoms with van der Waals surface area (Å²) >= 11 is 0. The van der Waals surface area contributed by atoms with E-state index in [0.29, 0.717) is 18.4 Å². The van der Waals surface area contributed by atoms with Gasteiger partial charge in [-0.05, 0) is 99.4 Å². The summed E-state index contributed by atoms with van der Waals surface area (Å²) in [6.45, 7) is 6.87. The average Bonchev–Trinajstić information content (AvgIpc) is 3.43. The van der Waals surface area contributed by atoms with Gasteiger partial charge in [-0.1, -0.05) is 13.8 Å². The van der Waals surface area contributed by atoms with Crippen molar-refractivity contribution in [2.24, 2.45) is 34.5 Å². The van der Waals surface area contributed by atoms with Crippen molar-refractivity contribution in [3.05, 3.63) is 11.6 Å². The molecule has 0 bridgehead atoms. The van der Waals surface area contributed by atoms with Gasteiger partial charge in [0, 0.05) is 18.6 Å². The third-order valence-corrected chi connectivity index (χ3v) is 12.3. The van der Waals surface area contributed by atoms with Gasteiger partial charge in [0.2, 0.25) is 0 Å². The summed E-state index contributed by atoms with van der Waals surface area (Å²) < 4.78 is 22.8. The third-order valence-electron chi connectivity index (χ3n) is 12.3. The van der Waals surface area contributed by atoms with Gasteiger partial charge in [-0.15, -0.1) is 0 Å². The molecule has 0 unspecified atom stereocenters. The molecule has 0 aromatic carbocycles. The van der Waals surface area contributed by atoms with Crippen LogP contribution in [0.25, 0.3) is 0 Å². The number of methoxy groups -OCH3 is 1. The van der Waals surface area contributed by atoms with Crippen molar-refractivity contribution in [2.45, 2.75) is 121 Å². The Balaban J connectivity index is 1.16. The number of rotatable bonds is 4. The molecule has 5 fully saturated rings. The molecule has 3 N–H and O–H groups in total. The molecule has 38 heavy (non-hydrogen) atoms. The number of cyclic esters (lactones) is 1. The van der Waals surface area contributed by atoms with E-state index in [0.717, 1.165) is 63.4 Å². The summed E-state index contributed by atoms with van der Waals surface area (Å²) in [5.74, 6) is 1.22. The van der Waals surface area contributed by atoms with E-state index in [1.54, 1.807) is 13.0 Å². The lowest BCUT2D eigenvalue weighted by atomic mass is 9.43. The van der Waals surface area contributed by atoms with Crippen LogP contribution in [0.15, 0.2) is 11.6 Å². The van der Waals surface area contributed by atoms with Crippen molar-refractivity contribution in [3.8, 4) is 0 Å². The number of aliphatic hydroxyl groups excluding tert-OH is 2. The Hall–Kier alpha value is -1.03. The minimum absolute atomic E-state index is 0.0103. The standard InChI is InChI=1S/C30H46O8/c1-16-24(32)26(35-4)25(33)27(37-16)38-19-7-10-28(2)18(14-19)5-6-22-21(28)8-11-29(3)20(9-12-30(22,29)34)17-13-23(31)36-15-17/h13,16,18-22,24-27,32-34H,5-12,14-15H2,1-4H3/t16-,18+,19-,20+,21-,22+,24-,25-,26-,27+,28-,29+,30-/m0/s1. The van der Waals surface area contributed by atoms with Crippen molar-refractivity contribution in [3.63, 3.8) is 0 Å². The normalized spacial score (nSPS) is 54.5. The molecule has 6 rings (SSSR count). The van der Waals surface area contributed by atoms with Crippen molar-refractivity contribution < 1.29 is 39.1 Å². The molecule has 0 amide bonds. The molecule has 214 valence electrons. The molecule has 8 nitrogen and oxygen atoms in total. The predicted molar refractivity (Wildman–Crippen MR) is 138 cm³/mol. The van der Waals surface area contributed by atoms with Gasteiger partial charge in [-0.3, -0.25) is 0 Å². The molecular weight excluding hydrogens is 488 g/mol. The molecule has 0 aromatic rings. The van der Waals surface area contributed by atoms with Crippen LogP contribution in [0.2, 0.25) is 0 Å². The Morgan fingerprint density at radius 1 is 1.00 bits per heavy atom. The monoisotopic (exact) mass is 534 g/mol. The predicted octanol–water partition coefficient (Wildman–Crippen LogP) is 3.11. The van der Waals surface area contributed by atoms with E-state index < -0.39 is 36.3 Å². The van der Waals surface area contributed by atoms with Crippen LogP contribution in [0.3, 0.4) is 0 Å². The molecular formula is C30H46O8. The van der Waals surface area contributed by atoms with Crippen LogP contribution in [0.5, 0.6) is 0 Å². The third kappa shape index (κ3) is 3.88. The van der Waals surface area contributed by atoms with Gasteiger partial charge in [0.25, 0.3) is 0 Å². The maximum atomic E-state index is 12.4. The second-order valence-corrected chi connectivity index (χ2v) is 13.7. The van der Waals surface area contributed by atoms with Crippen molar-refractivity contribution in [1.29, 1.82) is 0 Å². The topological polar surface area (TPSA) is 115 Å². The van der Waals surface area contributed by atoms with E-state index in [-0.39, 0.29) is 34.7 Å². The number of aliphatic hydroxyl groups is 3. The summed E-state index contributed by atoms with van der Waals surface area (Å²) in [6.07, 6.45) is 6.45.